The van der Waals surface area contributed by atoms with Gasteiger partial charge in [-0.05, 0) is 36.8 Å². The lowest BCUT2D eigenvalue weighted by Crippen LogP contribution is -2.25. The number of benzene rings is 1. The molecule has 3 rings (SSSR count). The van der Waals surface area contributed by atoms with Crippen LogP contribution in [0.3, 0.4) is 0 Å². The van der Waals surface area contributed by atoms with Gasteiger partial charge in [0.05, 0.1) is 17.4 Å². The van der Waals surface area contributed by atoms with Crippen LogP contribution in [0.15, 0.2) is 41.0 Å². The lowest BCUT2D eigenvalue weighted by Gasteiger charge is -2.06. The molecule has 0 bridgehead atoms. The van der Waals surface area contributed by atoms with Crippen LogP contribution in [-0.4, -0.2) is 30.9 Å². The first-order chi connectivity index (χ1) is 11.6. The highest BCUT2D eigenvalue weighted by atomic mass is 16.5. The summed E-state index contributed by atoms with van der Waals surface area (Å²) in [6.45, 7) is 1.33. The van der Waals surface area contributed by atoms with Crippen molar-refractivity contribution in [3.63, 3.8) is 0 Å². The molecule has 2 N–H and O–H groups in total. The molecule has 7 nitrogen and oxygen atoms in total. The van der Waals surface area contributed by atoms with Crippen molar-refractivity contribution in [2.75, 3.05) is 13.2 Å². The van der Waals surface area contributed by atoms with E-state index in [1.807, 2.05) is 6.07 Å². The van der Waals surface area contributed by atoms with Crippen molar-refractivity contribution in [3.8, 4) is 0 Å². The molecule has 0 saturated heterocycles. The van der Waals surface area contributed by atoms with E-state index in [-0.39, 0.29) is 11.5 Å². The van der Waals surface area contributed by atoms with Crippen molar-refractivity contribution in [1.82, 2.24) is 10.6 Å². The summed E-state index contributed by atoms with van der Waals surface area (Å²) in [7, 11) is 0. The van der Waals surface area contributed by atoms with E-state index in [4.69, 9.17) is 9.15 Å². The Labute approximate surface area is 138 Å². The topological polar surface area (TPSA) is 97.6 Å². The molecule has 3 amide bonds. The predicted molar refractivity (Wildman–Crippen MR) is 83.6 cm³/mol. The van der Waals surface area contributed by atoms with E-state index in [0.717, 1.165) is 5.76 Å². The third-order valence-electron chi connectivity index (χ3n) is 3.57. The third kappa shape index (κ3) is 3.52. The predicted octanol–water partition coefficient (Wildman–Crippen LogP) is 1.50. The molecule has 1 aromatic carbocycles. The van der Waals surface area contributed by atoms with E-state index in [1.54, 1.807) is 12.3 Å². The first-order valence-corrected chi connectivity index (χ1v) is 7.53. The zero-order chi connectivity index (χ0) is 16.9. The molecule has 24 heavy (non-hydrogen) atoms. The summed E-state index contributed by atoms with van der Waals surface area (Å²) >= 11 is 0. The number of ether oxygens (including phenoxy) is 1. The molecular weight excluding hydrogens is 312 g/mol. The molecular formula is C17H16N2O5. The number of furan rings is 1. The maximum atomic E-state index is 12.1. The van der Waals surface area contributed by atoms with Gasteiger partial charge in [-0.25, -0.2) is 0 Å². The summed E-state index contributed by atoms with van der Waals surface area (Å²) in [5.41, 5.74) is 0.868. The Balaban J connectivity index is 1.43. The smallest absolute Gasteiger partial charge is 0.258 e. The Kier molecular flexibility index (Phi) is 4.72. The van der Waals surface area contributed by atoms with Crippen LogP contribution in [0.1, 0.15) is 43.3 Å². The maximum Gasteiger partial charge on any atom is 0.258 e. The van der Waals surface area contributed by atoms with Crippen molar-refractivity contribution in [1.29, 1.82) is 0 Å². The van der Waals surface area contributed by atoms with Crippen molar-refractivity contribution < 1.29 is 23.5 Å². The van der Waals surface area contributed by atoms with Crippen LogP contribution in [0.25, 0.3) is 0 Å². The summed E-state index contributed by atoms with van der Waals surface area (Å²) in [6.07, 6.45) is 2.24. The standard InChI is InChI=1S/C17H16N2O5/c20-15(18-6-2-7-23-10-12-3-1-8-24-12)11-4-5-13-14(9-11)17(22)19-16(13)21/h1,3-5,8-9H,2,6-7,10H2,(H,18,20)(H,19,21,22). The van der Waals surface area contributed by atoms with Gasteiger partial charge in [0.25, 0.3) is 17.7 Å². The van der Waals surface area contributed by atoms with Crippen LogP contribution in [0.2, 0.25) is 0 Å². The number of carbonyl (C=O) groups is 3. The average Bonchev–Trinajstić information content (AvgIpc) is 3.19. The summed E-state index contributed by atoms with van der Waals surface area (Å²) in [4.78, 5) is 35.1. The Bertz CT molecular complexity index is 767. The highest BCUT2D eigenvalue weighted by Gasteiger charge is 2.27. The molecule has 0 spiro atoms. The van der Waals surface area contributed by atoms with Crippen LogP contribution in [0, 0.1) is 0 Å². The molecule has 2 aromatic rings. The molecule has 0 saturated carbocycles. The number of amides is 3. The highest BCUT2D eigenvalue weighted by Crippen LogP contribution is 2.17. The Morgan fingerprint density at radius 1 is 1.17 bits per heavy atom. The minimum atomic E-state index is -0.476. The average molecular weight is 328 g/mol. The first kappa shape index (κ1) is 15.9. The molecule has 0 fully saturated rings. The highest BCUT2D eigenvalue weighted by molar-refractivity contribution is 6.22. The molecule has 7 heteroatoms. The molecule has 0 aliphatic carbocycles. The van der Waals surface area contributed by atoms with Gasteiger partial charge in [0, 0.05) is 18.7 Å². The molecule has 1 aliphatic heterocycles. The number of hydrogen-bond acceptors (Lipinski definition) is 5. The fourth-order valence-electron chi connectivity index (χ4n) is 2.35. The van der Waals surface area contributed by atoms with E-state index < -0.39 is 11.8 Å². The lowest BCUT2D eigenvalue weighted by molar-refractivity contribution is 0.0877. The van der Waals surface area contributed by atoms with E-state index in [2.05, 4.69) is 10.6 Å². The van der Waals surface area contributed by atoms with Gasteiger partial charge in [0.15, 0.2) is 0 Å². The number of rotatable bonds is 7. The minimum Gasteiger partial charge on any atom is -0.467 e. The normalized spacial score (nSPS) is 12.8. The van der Waals surface area contributed by atoms with Crippen molar-refractivity contribution in [2.24, 2.45) is 0 Å². The van der Waals surface area contributed by atoms with E-state index in [0.29, 0.717) is 37.3 Å². The lowest BCUT2D eigenvalue weighted by atomic mass is 10.1. The summed E-state index contributed by atoms with van der Waals surface area (Å²) in [6, 6.07) is 8.06. The first-order valence-electron chi connectivity index (χ1n) is 7.53. The SMILES string of the molecule is O=C(NCCCOCc1ccco1)c1ccc2c(c1)C(=O)NC2=O. The minimum absolute atomic E-state index is 0.231. The molecule has 0 unspecified atom stereocenters. The number of fused-ring (bicyclic) bond motifs is 1. The second-order valence-corrected chi connectivity index (χ2v) is 5.29. The fourth-order valence-corrected chi connectivity index (χ4v) is 2.35. The second-order valence-electron chi connectivity index (χ2n) is 5.29. The monoisotopic (exact) mass is 328 g/mol. The van der Waals surface area contributed by atoms with Gasteiger partial charge < -0.3 is 14.5 Å². The van der Waals surface area contributed by atoms with Gasteiger partial charge in [-0.2, -0.15) is 0 Å². The zero-order valence-electron chi connectivity index (χ0n) is 12.8. The molecule has 1 aliphatic rings. The summed E-state index contributed by atoms with van der Waals surface area (Å²) in [5, 5.41) is 4.94. The molecule has 1 aromatic heterocycles. The Morgan fingerprint density at radius 2 is 2.00 bits per heavy atom. The largest absolute Gasteiger partial charge is 0.467 e. The van der Waals surface area contributed by atoms with Gasteiger partial charge in [-0.1, -0.05) is 0 Å². The number of hydrogen-bond donors (Lipinski definition) is 2. The van der Waals surface area contributed by atoms with E-state index in [1.165, 1.54) is 18.2 Å². The quantitative estimate of drug-likeness (QED) is 0.593. The molecule has 124 valence electrons. The van der Waals surface area contributed by atoms with Gasteiger partial charge in [-0.15, -0.1) is 0 Å². The molecule has 2 heterocycles. The molecule has 0 radical (unpaired) electrons. The number of carbonyl (C=O) groups excluding carboxylic acids is 3. The zero-order valence-corrected chi connectivity index (χ0v) is 12.8. The van der Waals surface area contributed by atoms with Crippen LogP contribution in [0.5, 0.6) is 0 Å². The van der Waals surface area contributed by atoms with Crippen LogP contribution >= 0.6 is 0 Å². The van der Waals surface area contributed by atoms with Crippen LogP contribution < -0.4 is 10.6 Å². The number of imide groups is 1. The van der Waals surface area contributed by atoms with Crippen LogP contribution in [0.4, 0.5) is 0 Å². The van der Waals surface area contributed by atoms with Gasteiger partial charge in [0.2, 0.25) is 0 Å². The van der Waals surface area contributed by atoms with E-state index in [9.17, 15) is 14.4 Å². The van der Waals surface area contributed by atoms with Crippen molar-refractivity contribution in [2.45, 2.75) is 13.0 Å². The molecule has 0 atom stereocenters. The Morgan fingerprint density at radius 3 is 2.79 bits per heavy atom. The van der Waals surface area contributed by atoms with Crippen LogP contribution in [-0.2, 0) is 11.3 Å². The summed E-state index contributed by atoms with van der Waals surface area (Å²) in [5.74, 6) is -0.451. The summed E-state index contributed by atoms with van der Waals surface area (Å²) < 4.78 is 10.6. The maximum absolute atomic E-state index is 12.1. The van der Waals surface area contributed by atoms with Crippen molar-refractivity contribution in [3.05, 3.63) is 59.0 Å². The third-order valence-corrected chi connectivity index (χ3v) is 3.57. The van der Waals surface area contributed by atoms with Crippen molar-refractivity contribution >= 4 is 17.7 Å². The Hall–Kier alpha value is -2.93. The van der Waals surface area contributed by atoms with Gasteiger partial charge >= 0.3 is 0 Å². The second kappa shape index (κ2) is 7.10. The van der Waals surface area contributed by atoms with Gasteiger partial charge in [0.1, 0.15) is 12.4 Å². The van der Waals surface area contributed by atoms with Gasteiger partial charge in [-0.3, -0.25) is 19.7 Å². The number of nitrogens with one attached hydrogen (secondary N) is 2. The fraction of sp³-hybridized carbons (Fsp3) is 0.235. The van der Waals surface area contributed by atoms with E-state index >= 15 is 0 Å².